The number of amides is 2. The zero-order chi connectivity index (χ0) is 20.8. The number of nitrogens with two attached hydrogens (primary N) is 1. The summed E-state index contributed by atoms with van der Waals surface area (Å²) in [5.41, 5.74) is 8.65. The SMILES string of the molecule is Cc1nc(N)ccc1CNC(=O)[C@H](C)NC(=O)[C@@H]1CCC[C@H](c2ccccc2)C1. The van der Waals surface area contributed by atoms with Crippen molar-refractivity contribution in [2.24, 2.45) is 5.92 Å². The standard InChI is InChI=1S/C23H30N4O2/c1-15-20(11-12-21(24)26-15)14-25-22(28)16(2)27-23(29)19-10-6-9-18(13-19)17-7-4-3-5-8-17/h3-5,7-8,11-12,16,18-19H,6,9-10,13-14H2,1-2H3,(H2,24,26)(H,25,28)(H,27,29)/t16-,18-,19+/m0/s1. The first kappa shape index (κ1) is 20.8. The molecule has 1 heterocycles. The first-order valence-corrected chi connectivity index (χ1v) is 10.3. The molecule has 1 aliphatic carbocycles. The number of aromatic nitrogens is 1. The van der Waals surface area contributed by atoms with E-state index in [1.165, 1.54) is 5.56 Å². The van der Waals surface area contributed by atoms with Crippen molar-refractivity contribution >= 4 is 17.6 Å². The van der Waals surface area contributed by atoms with E-state index in [0.717, 1.165) is 36.9 Å². The lowest BCUT2D eigenvalue weighted by Crippen LogP contribution is -2.47. The average Bonchev–Trinajstić information content (AvgIpc) is 2.73. The third kappa shape index (κ3) is 5.56. The van der Waals surface area contributed by atoms with Crippen molar-refractivity contribution in [2.45, 2.75) is 58.0 Å². The van der Waals surface area contributed by atoms with E-state index in [1.54, 1.807) is 13.0 Å². The Labute approximate surface area is 172 Å². The number of hydrogen-bond donors (Lipinski definition) is 3. The van der Waals surface area contributed by atoms with E-state index in [0.29, 0.717) is 18.3 Å². The van der Waals surface area contributed by atoms with Crippen molar-refractivity contribution in [1.82, 2.24) is 15.6 Å². The van der Waals surface area contributed by atoms with Gasteiger partial charge in [0.2, 0.25) is 11.8 Å². The maximum absolute atomic E-state index is 12.7. The molecular weight excluding hydrogens is 364 g/mol. The number of rotatable bonds is 6. The summed E-state index contributed by atoms with van der Waals surface area (Å²) in [6, 6.07) is 13.4. The van der Waals surface area contributed by atoms with Crippen LogP contribution >= 0.6 is 0 Å². The number of hydrogen-bond acceptors (Lipinski definition) is 4. The zero-order valence-electron chi connectivity index (χ0n) is 17.2. The number of nitrogen functional groups attached to an aromatic ring is 1. The Balaban J connectivity index is 1.50. The molecular formula is C23H30N4O2. The van der Waals surface area contributed by atoms with Crippen LogP contribution in [-0.4, -0.2) is 22.8 Å². The maximum atomic E-state index is 12.7. The molecule has 1 aromatic carbocycles. The minimum Gasteiger partial charge on any atom is -0.384 e. The van der Waals surface area contributed by atoms with Crippen molar-refractivity contribution < 1.29 is 9.59 Å². The van der Waals surface area contributed by atoms with Crippen LogP contribution in [0.2, 0.25) is 0 Å². The number of anilines is 1. The Hall–Kier alpha value is -2.89. The molecule has 6 heteroatoms. The largest absolute Gasteiger partial charge is 0.384 e. The van der Waals surface area contributed by atoms with Gasteiger partial charge in [0.05, 0.1) is 0 Å². The molecule has 6 nitrogen and oxygen atoms in total. The van der Waals surface area contributed by atoms with Crippen molar-refractivity contribution in [2.75, 3.05) is 5.73 Å². The van der Waals surface area contributed by atoms with E-state index < -0.39 is 6.04 Å². The monoisotopic (exact) mass is 394 g/mol. The molecule has 4 N–H and O–H groups in total. The summed E-state index contributed by atoms with van der Waals surface area (Å²) in [5, 5.41) is 5.76. The van der Waals surface area contributed by atoms with E-state index in [-0.39, 0.29) is 17.7 Å². The van der Waals surface area contributed by atoms with Crippen molar-refractivity contribution in [1.29, 1.82) is 0 Å². The minimum atomic E-state index is -0.582. The highest BCUT2D eigenvalue weighted by Gasteiger charge is 2.29. The zero-order valence-corrected chi connectivity index (χ0v) is 17.2. The quantitative estimate of drug-likeness (QED) is 0.701. The van der Waals surface area contributed by atoms with Gasteiger partial charge in [-0.05, 0) is 56.2 Å². The van der Waals surface area contributed by atoms with Gasteiger partial charge < -0.3 is 16.4 Å². The van der Waals surface area contributed by atoms with Crippen molar-refractivity contribution in [3.8, 4) is 0 Å². The van der Waals surface area contributed by atoms with E-state index >= 15 is 0 Å². The van der Waals surface area contributed by atoms with Crippen molar-refractivity contribution in [3.05, 3.63) is 59.3 Å². The molecule has 0 unspecified atom stereocenters. The van der Waals surface area contributed by atoms with Crippen molar-refractivity contribution in [3.63, 3.8) is 0 Å². The summed E-state index contributed by atoms with van der Waals surface area (Å²) >= 11 is 0. The molecule has 0 aliphatic heterocycles. The Bertz CT molecular complexity index is 853. The highest BCUT2D eigenvalue weighted by atomic mass is 16.2. The fraction of sp³-hybridized carbons (Fsp3) is 0.435. The molecule has 29 heavy (non-hydrogen) atoms. The van der Waals surface area contributed by atoms with Crippen LogP contribution in [0.25, 0.3) is 0 Å². The summed E-state index contributed by atoms with van der Waals surface area (Å²) < 4.78 is 0. The minimum absolute atomic E-state index is 0.0291. The number of pyridine rings is 1. The summed E-state index contributed by atoms with van der Waals surface area (Å²) in [6.45, 7) is 3.94. The third-order valence-electron chi connectivity index (χ3n) is 5.74. The van der Waals surface area contributed by atoms with E-state index in [9.17, 15) is 9.59 Å². The first-order chi connectivity index (χ1) is 13.9. The predicted molar refractivity (Wildman–Crippen MR) is 114 cm³/mol. The Morgan fingerprint density at radius 3 is 2.66 bits per heavy atom. The van der Waals surface area contributed by atoms with Gasteiger partial charge in [-0.1, -0.05) is 42.8 Å². The lowest BCUT2D eigenvalue weighted by molar-refractivity contribution is -0.131. The number of nitrogens with zero attached hydrogens (tertiary/aromatic N) is 1. The number of nitrogens with one attached hydrogen (secondary N) is 2. The molecule has 1 aliphatic rings. The van der Waals surface area contributed by atoms with Crippen LogP contribution in [0, 0.1) is 12.8 Å². The topological polar surface area (TPSA) is 97.1 Å². The molecule has 1 saturated carbocycles. The Morgan fingerprint density at radius 2 is 1.93 bits per heavy atom. The lowest BCUT2D eigenvalue weighted by Gasteiger charge is -2.29. The molecule has 0 radical (unpaired) electrons. The molecule has 2 amide bonds. The second-order valence-corrected chi connectivity index (χ2v) is 7.90. The maximum Gasteiger partial charge on any atom is 0.242 e. The summed E-state index contributed by atoms with van der Waals surface area (Å²) in [6.07, 6.45) is 3.85. The molecule has 0 saturated heterocycles. The number of carbonyl (C=O) groups excluding carboxylic acids is 2. The van der Waals surface area contributed by atoms with Crippen LogP contribution in [0.3, 0.4) is 0 Å². The molecule has 0 bridgehead atoms. The van der Waals surface area contributed by atoms with E-state index in [4.69, 9.17) is 5.73 Å². The smallest absolute Gasteiger partial charge is 0.242 e. The second-order valence-electron chi connectivity index (χ2n) is 7.90. The predicted octanol–water partition coefficient (Wildman–Crippen LogP) is 3.07. The summed E-state index contributed by atoms with van der Waals surface area (Å²) in [7, 11) is 0. The van der Waals surface area contributed by atoms with Crippen LogP contribution in [0.5, 0.6) is 0 Å². The fourth-order valence-electron chi connectivity index (χ4n) is 3.98. The van der Waals surface area contributed by atoms with Crippen LogP contribution in [0.4, 0.5) is 5.82 Å². The van der Waals surface area contributed by atoms with Gasteiger partial charge in [-0.2, -0.15) is 0 Å². The second kappa shape index (κ2) is 9.54. The van der Waals surface area contributed by atoms with Crippen LogP contribution in [0.15, 0.2) is 42.5 Å². The molecule has 154 valence electrons. The van der Waals surface area contributed by atoms with Gasteiger partial charge in [0, 0.05) is 18.2 Å². The summed E-state index contributed by atoms with van der Waals surface area (Å²) in [5.74, 6) is 0.585. The van der Waals surface area contributed by atoms with Gasteiger partial charge in [0.1, 0.15) is 11.9 Å². The van der Waals surface area contributed by atoms with Gasteiger partial charge in [0.15, 0.2) is 0 Å². The van der Waals surface area contributed by atoms with Gasteiger partial charge in [-0.3, -0.25) is 9.59 Å². The number of carbonyl (C=O) groups is 2. The van der Waals surface area contributed by atoms with E-state index in [1.807, 2.05) is 31.2 Å². The van der Waals surface area contributed by atoms with Gasteiger partial charge >= 0.3 is 0 Å². The molecule has 3 atom stereocenters. The first-order valence-electron chi connectivity index (χ1n) is 10.3. The fourth-order valence-corrected chi connectivity index (χ4v) is 3.98. The van der Waals surface area contributed by atoms with Gasteiger partial charge in [0.25, 0.3) is 0 Å². The van der Waals surface area contributed by atoms with E-state index in [2.05, 4.69) is 27.8 Å². The molecule has 3 rings (SSSR count). The van der Waals surface area contributed by atoms with Crippen LogP contribution in [0.1, 0.15) is 55.3 Å². The van der Waals surface area contributed by atoms with Crippen LogP contribution in [-0.2, 0) is 16.1 Å². The highest BCUT2D eigenvalue weighted by Crippen LogP contribution is 2.36. The normalized spacial score (nSPS) is 19.9. The summed E-state index contributed by atoms with van der Waals surface area (Å²) in [4.78, 5) is 29.4. The van der Waals surface area contributed by atoms with Gasteiger partial charge in [-0.15, -0.1) is 0 Å². The average molecular weight is 395 g/mol. The Kier molecular flexibility index (Phi) is 6.86. The Morgan fingerprint density at radius 1 is 1.17 bits per heavy atom. The van der Waals surface area contributed by atoms with Crippen LogP contribution < -0.4 is 16.4 Å². The third-order valence-corrected chi connectivity index (χ3v) is 5.74. The molecule has 0 spiro atoms. The molecule has 2 aromatic rings. The molecule has 1 fully saturated rings. The lowest BCUT2D eigenvalue weighted by atomic mass is 9.77. The number of aryl methyl sites for hydroxylation is 1. The number of benzene rings is 1. The van der Waals surface area contributed by atoms with Gasteiger partial charge in [-0.25, -0.2) is 4.98 Å². The molecule has 1 aromatic heterocycles. The highest BCUT2D eigenvalue weighted by molar-refractivity contribution is 5.88.